The fourth-order valence-electron chi connectivity index (χ4n) is 4.47. The predicted octanol–water partition coefficient (Wildman–Crippen LogP) is 4.42. The normalized spacial score (nSPS) is 21.8. The number of aromatic nitrogens is 2. The summed E-state index contributed by atoms with van der Waals surface area (Å²) in [6.07, 6.45) is 4.45. The van der Waals surface area contributed by atoms with E-state index >= 15 is 0 Å². The summed E-state index contributed by atoms with van der Waals surface area (Å²) in [5.41, 5.74) is 0.815. The lowest BCUT2D eigenvalue weighted by atomic mass is 10.0. The van der Waals surface area contributed by atoms with Gasteiger partial charge in [0.1, 0.15) is 16.6 Å². The molecule has 1 amide bonds. The molecule has 172 valence electrons. The van der Waals surface area contributed by atoms with Crippen molar-refractivity contribution in [3.05, 3.63) is 45.9 Å². The Kier molecular flexibility index (Phi) is 6.36. The van der Waals surface area contributed by atoms with Gasteiger partial charge in [0, 0.05) is 11.4 Å². The first-order valence-electron chi connectivity index (χ1n) is 11.0. The molecule has 0 saturated carbocycles. The number of thioether (sulfide) groups is 1. The number of hydrogen-bond acceptors (Lipinski definition) is 8. The van der Waals surface area contributed by atoms with E-state index in [1.54, 1.807) is 19.2 Å². The van der Waals surface area contributed by atoms with Gasteiger partial charge >= 0.3 is 0 Å². The summed E-state index contributed by atoms with van der Waals surface area (Å²) in [6, 6.07) is 9.26. The second-order valence-corrected chi connectivity index (χ2v) is 10.5. The Balaban J connectivity index is 1.24. The number of fused-ring (bicyclic) bond motifs is 3. The molecule has 1 unspecified atom stereocenters. The Morgan fingerprint density at radius 2 is 1.91 bits per heavy atom. The Morgan fingerprint density at radius 3 is 2.67 bits per heavy atom. The van der Waals surface area contributed by atoms with Crippen molar-refractivity contribution in [2.24, 2.45) is 0 Å². The number of rotatable bonds is 7. The minimum atomic E-state index is -0.109. The zero-order valence-corrected chi connectivity index (χ0v) is 20.1. The van der Waals surface area contributed by atoms with Crippen molar-refractivity contribution in [2.75, 3.05) is 12.9 Å². The minimum Gasteiger partial charge on any atom is -0.497 e. The maximum Gasteiger partial charge on any atom is 0.261 e. The molecule has 0 spiro atoms. The number of ketones is 1. The molecule has 2 saturated heterocycles. The third kappa shape index (κ3) is 4.90. The fourth-order valence-corrected chi connectivity index (χ4v) is 6.35. The third-order valence-corrected chi connectivity index (χ3v) is 8.17. The van der Waals surface area contributed by atoms with Gasteiger partial charge in [0.15, 0.2) is 5.78 Å². The van der Waals surface area contributed by atoms with E-state index in [1.165, 1.54) is 23.1 Å². The van der Waals surface area contributed by atoms with Crippen molar-refractivity contribution >= 4 is 45.7 Å². The quantitative estimate of drug-likeness (QED) is 0.302. The summed E-state index contributed by atoms with van der Waals surface area (Å²) in [7, 11) is 1.61. The first kappa shape index (κ1) is 22.3. The van der Waals surface area contributed by atoms with Crippen molar-refractivity contribution in [3.8, 4) is 5.75 Å². The number of carbonyl (C=O) groups is 2. The van der Waals surface area contributed by atoms with Crippen molar-refractivity contribution in [1.29, 1.82) is 0 Å². The van der Waals surface area contributed by atoms with Gasteiger partial charge in [0.25, 0.3) is 5.91 Å². The predicted molar refractivity (Wildman–Crippen MR) is 129 cm³/mol. The molecule has 7 nitrogen and oxygen atoms in total. The average molecular weight is 484 g/mol. The monoisotopic (exact) mass is 483 g/mol. The van der Waals surface area contributed by atoms with Crippen LogP contribution in [-0.2, 0) is 4.74 Å². The van der Waals surface area contributed by atoms with E-state index < -0.39 is 0 Å². The SMILES string of the molecule is COc1ccc2nc(C)nc(SCC(=O)c3ccc(C(=O)NC4C[C@H]5CC[C@@H](C4)O5)s3)c2c1. The number of amides is 1. The topological polar surface area (TPSA) is 90.4 Å². The molecule has 0 aliphatic carbocycles. The van der Waals surface area contributed by atoms with Gasteiger partial charge in [0.2, 0.25) is 0 Å². The molecular formula is C24H25N3O4S2. The van der Waals surface area contributed by atoms with Crippen LogP contribution in [0.2, 0.25) is 0 Å². The molecule has 2 aromatic heterocycles. The van der Waals surface area contributed by atoms with Crippen molar-refractivity contribution in [3.63, 3.8) is 0 Å². The van der Waals surface area contributed by atoms with E-state index in [-0.39, 0.29) is 35.7 Å². The maximum absolute atomic E-state index is 12.9. The van der Waals surface area contributed by atoms with E-state index in [2.05, 4.69) is 15.3 Å². The summed E-state index contributed by atoms with van der Waals surface area (Å²) in [5, 5.41) is 4.73. The highest BCUT2D eigenvalue weighted by Gasteiger charge is 2.35. The second-order valence-electron chi connectivity index (χ2n) is 8.43. The lowest BCUT2D eigenvalue weighted by Gasteiger charge is -2.28. The summed E-state index contributed by atoms with van der Waals surface area (Å²) >= 11 is 2.62. The largest absolute Gasteiger partial charge is 0.497 e. The smallest absolute Gasteiger partial charge is 0.261 e. The highest BCUT2D eigenvalue weighted by atomic mass is 32.2. The molecule has 1 N–H and O–H groups in total. The molecule has 1 aromatic carbocycles. The summed E-state index contributed by atoms with van der Waals surface area (Å²) in [5.74, 6) is 1.46. The molecule has 2 aliphatic heterocycles. The standard InChI is InChI=1S/C24H25N3O4S2/c1-13-25-19-6-5-15(30-2)11-18(19)24(26-13)32-12-20(28)21-7-8-22(33-21)23(29)27-14-9-16-3-4-17(10-14)31-16/h5-8,11,14,16-17H,3-4,9-10,12H2,1-2H3,(H,27,29)/t14?,16-,17+. The van der Waals surface area contributed by atoms with Crippen molar-refractivity contribution in [1.82, 2.24) is 15.3 Å². The van der Waals surface area contributed by atoms with Crippen LogP contribution in [0.25, 0.3) is 10.9 Å². The molecule has 3 atom stereocenters. The lowest BCUT2D eigenvalue weighted by Crippen LogP contribution is -2.41. The van der Waals surface area contributed by atoms with E-state index in [0.717, 1.165) is 47.4 Å². The van der Waals surface area contributed by atoms with Crippen LogP contribution in [0, 0.1) is 6.92 Å². The summed E-state index contributed by atoms with van der Waals surface area (Å²) in [6.45, 7) is 1.84. The summed E-state index contributed by atoms with van der Waals surface area (Å²) in [4.78, 5) is 35.7. The number of ether oxygens (including phenoxy) is 2. The second kappa shape index (κ2) is 9.40. The third-order valence-electron chi connectivity index (χ3n) is 6.05. The van der Waals surface area contributed by atoms with Gasteiger partial charge in [-0.2, -0.15) is 0 Å². The molecular weight excluding hydrogens is 458 g/mol. The number of benzene rings is 1. The number of carbonyl (C=O) groups excluding carboxylic acids is 2. The van der Waals surface area contributed by atoms with Crippen molar-refractivity contribution < 1.29 is 19.1 Å². The number of Topliss-reactive ketones (excluding diaryl/α,β-unsaturated/α-hetero) is 1. The first-order chi connectivity index (χ1) is 16.0. The van der Waals surface area contributed by atoms with E-state index in [4.69, 9.17) is 9.47 Å². The van der Waals surface area contributed by atoms with Gasteiger partial charge in [-0.05, 0) is 62.9 Å². The Labute approximate surface area is 200 Å². The number of nitrogens with one attached hydrogen (secondary N) is 1. The molecule has 9 heteroatoms. The van der Waals surface area contributed by atoms with Crippen molar-refractivity contribution in [2.45, 2.75) is 55.9 Å². The van der Waals surface area contributed by atoms with E-state index in [1.807, 2.05) is 25.1 Å². The van der Waals surface area contributed by atoms with Gasteiger partial charge in [-0.3, -0.25) is 9.59 Å². The Hall–Kier alpha value is -2.49. The maximum atomic E-state index is 12.9. The molecule has 3 aromatic rings. The van der Waals surface area contributed by atoms with E-state index in [0.29, 0.717) is 15.6 Å². The lowest BCUT2D eigenvalue weighted by molar-refractivity contribution is -0.00772. The van der Waals surface area contributed by atoms with Crippen LogP contribution in [0.3, 0.4) is 0 Å². The number of methoxy groups -OCH3 is 1. The van der Waals surface area contributed by atoms with Crippen LogP contribution in [0.5, 0.6) is 5.75 Å². The van der Waals surface area contributed by atoms with Crippen LogP contribution in [0.15, 0.2) is 35.4 Å². The molecule has 2 aliphatic rings. The Bertz CT molecular complexity index is 1200. The van der Waals surface area contributed by atoms with Gasteiger partial charge < -0.3 is 14.8 Å². The highest BCUT2D eigenvalue weighted by molar-refractivity contribution is 8.00. The number of aryl methyl sites for hydroxylation is 1. The zero-order valence-electron chi connectivity index (χ0n) is 18.5. The van der Waals surface area contributed by atoms with Gasteiger partial charge in [-0.15, -0.1) is 11.3 Å². The minimum absolute atomic E-state index is 0.0273. The van der Waals surface area contributed by atoms with Crippen LogP contribution in [-0.4, -0.2) is 52.8 Å². The number of thiophene rings is 1. The number of hydrogen-bond donors (Lipinski definition) is 1. The van der Waals surface area contributed by atoms with Crippen LogP contribution >= 0.6 is 23.1 Å². The summed E-state index contributed by atoms with van der Waals surface area (Å²) < 4.78 is 11.2. The highest BCUT2D eigenvalue weighted by Crippen LogP contribution is 2.33. The fraction of sp³-hybridized carbons (Fsp3) is 0.417. The molecule has 2 bridgehead atoms. The van der Waals surface area contributed by atoms with Gasteiger partial charge in [-0.25, -0.2) is 9.97 Å². The van der Waals surface area contributed by atoms with Crippen LogP contribution < -0.4 is 10.1 Å². The molecule has 2 fully saturated rings. The van der Waals surface area contributed by atoms with Gasteiger partial charge in [0.05, 0.1) is 40.3 Å². The van der Waals surface area contributed by atoms with Crippen LogP contribution in [0.1, 0.15) is 50.9 Å². The zero-order chi connectivity index (χ0) is 22.9. The molecule has 4 heterocycles. The Morgan fingerprint density at radius 1 is 1.15 bits per heavy atom. The molecule has 33 heavy (non-hydrogen) atoms. The molecule has 0 radical (unpaired) electrons. The van der Waals surface area contributed by atoms with E-state index in [9.17, 15) is 9.59 Å². The number of nitrogens with zero attached hydrogens (tertiary/aromatic N) is 2. The van der Waals surface area contributed by atoms with Crippen LogP contribution in [0.4, 0.5) is 0 Å². The average Bonchev–Trinajstić information content (AvgIpc) is 3.43. The molecule has 5 rings (SSSR count). The first-order valence-corrected chi connectivity index (χ1v) is 12.8. The van der Waals surface area contributed by atoms with Gasteiger partial charge in [-0.1, -0.05) is 11.8 Å².